The summed E-state index contributed by atoms with van der Waals surface area (Å²) in [4.78, 5) is 38.4. The lowest BCUT2D eigenvalue weighted by Gasteiger charge is -2.15. The minimum atomic E-state index is -0.703. The Morgan fingerprint density at radius 1 is 1.67 bits per heavy atom. The number of nitrogens with one attached hydrogen (secondary N) is 1. The lowest BCUT2D eigenvalue weighted by molar-refractivity contribution is -0.146. The number of ether oxygens (including phenoxy) is 2. The summed E-state index contributed by atoms with van der Waals surface area (Å²) in [6.07, 6.45) is 0.189. The topological polar surface area (TPSA) is 139 Å². The number of H-pyrrole nitrogens is 1. The van der Waals surface area contributed by atoms with E-state index >= 15 is 0 Å². The minimum absolute atomic E-state index is 0.0758. The van der Waals surface area contributed by atoms with E-state index in [1.165, 1.54) is 23.8 Å². The van der Waals surface area contributed by atoms with Crippen LogP contribution < -0.4 is 11.2 Å². The number of carbonyl (C=O) groups excluding carboxylic acids is 1. The number of esters is 1. The number of aromatic amines is 1. The second kappa shape index (κ2) is 6.25. The Bertz CT molecular complexity index is 689. The maximum atomic E-state index is 11.7. The number of carbonyl (C=O) groups is 1. The van der Waals surface area contributed by atoms with E-state index in [1.54, 1.807) is 0 Å². The second-order valence-corrected chi connectivity index (χ2v) is 4.46. The molecule has 3 atom stereocenters. The van der Waals surface area contributed by atoms with Crippen LogP contribution >= 0.6 is 0 Å². The largest absolute Gasteiger partial charge is 0.463 e. The highest BCUT2D eigenvalue weighted by atomic mass is 16.6. The van der Waals surface area contributed by atoms with Crippen LogP contribution in [0.5, 0.6) is 0 Å². The van der Waals surface area contributed by atoms with E-state index in [0.717, 1.165) is 0 Å². The Kier molecular flexibility index (Phi) is 4.41. The highest BCUT2D eigenvalue weighted by Gasteiger charge is 2.36. The van der Waals surface area contributed by atoms with Crippen molar-refractivity contribution in [3.05, 3.63) is 43.5 Å². The molecular weight excluding hydrogens is 282 g/mol. The van der Waals surface area contributed by atoms with E-state index in [-0.39, 0.29) is 13.0 Å². The molecule has 0 spiro atoms. The van der Waals surface area contributed by atoms with Crippen molar-refractivity contribution in [1.82, 2.24) is 9.55 Å². The molecule has 0 aromatic carbocycles. The van der Waals surface area contributed by atoms with Crippen molar-refractivity contribution in [2.75, 3.05) is 6.61 Å². The first-order valence-corrected chi connectivity index (χ1v) is 6.15. The molecule has 10 nitrogen and oxygen atoms in total. The summed E-state index contributed by atoms with van der Waals surface area (Å²) in [6.45, 7) is 1.18. The molecular formula is C11H13N5O5. The van der Waals surface area contributed by atoms with Crippen molar-refractivity contribution in [2.45, 2.75) is 31.7 Å². The Morgan fingerprint density at radius 3 is 3.05 bits per heavy atom. The van der Waals surface area contributed by atoms with Gasteiger partial charge in [0.2, 0.25) is 0 Å². The van der Waals surface area contributed by atoms with Crippen LogP contribution in [0.2, 0.25) is 0 Å². The highest BCUT2D eigenvalue weighted by Crippen LogP contribution is 2.30. The number of nitrogens with zero attached hydrogens (tertiary/aromatic N) is 4. The van der Waals surface area contributed by atoms with Crippen LogP contribution in [-0.2, 0) is 14.3 Å². The van der Waals surface area contributed by atoms with E-state index in [4.69, 9.17) is 15.0 Å². The van der Waals surface area contributed by atoms with Crippen LogP contribution in [-0.4, -0.2) is 34.3 Å². The molecule has 1 aliphatic heterocycles. The highest BCUT2D eigenvalue weighted by molar-refractivity contribution is 5.65. The fourth-order valence-corrected chi connectivity index (χ4v) is 2.08. The third-order valence-electron chi connectivity index (χ3n) is 3.02. The molecule has 1 aliphatic rings. The maximum Gasteiger partial charge on any atom is 0.330 e. The summed E-state index contributed by atoms with van der Waals surface area (Å²) < 4.78 is 11.6. The summed E-state index contributed by atoms with van der Waals surface area (Å²) in [5.41, 5.74) is 7.41. The van der Waals surface area contributed by atoms with Gasteiger partial charge in [0, 0.05) is 30.5 Å². The summed E-state index contributed by atoms with van der Waals surface area (Å²) in [5, 5.41) is 3.58. The first-order valence-electron chi connectivity index (χ1n) is 6.15. The third-order valence-corrected chi connectivity index (χ3v) is 3.02. The smallest absolute Gasteiger partial charge is 0.330 e. The van der Waals surface area contributed by atoms with Gasteiger partial charge in [-0.05, 0) is 5.53 Å². The fourth-order valence-electron chi connectivity index (χ4n) is 2.08. The molecule has 112 valence electrons. The third kappa shape index (κ3) is 3.50. The first kappa shape index (κ1) is 14.8. The van der Waals surface area contributed by atoms with Gasteiger partial charge < -0.3 is 9.47 Å². The van der Waals surface area contributed by atoms with Crippen molar-refractivity contribution in [3.8, 4) is 0 Å². The van der Waals surface area contributed by atoms with Crippen molar-refractivity contribution < 1.29 is 14.3 Å². The van der Waals surface area contributed by atoms with Crippen molar-refractivity contribution in [3.63, 3.8) is 0 Å². The van der Waals surface area contributed by atoms with Gasteiger partial charge in [-0.1, -0.05) is 5.11 Å². The Hall–Kier alpha value is -2.58. The number of rotatable bonds is 4. The van der Waals surface area contributed by atoms with Crippen LogP contribution in [0.15, 0.2) is 27.0 Å². The minimum Gasteiger partial charge on any atom is -0.463 e. The Labute approximate surface area is 117 Å². The zero-order valence-corrected chi connectivity index (χ0v) is 11.1. The van der Waals surface area contributed by atoms with E-state index in [0.29, 0.717) is 0 Å². The number of aromatic nitrogens is 2. The lowest BCUT2D eigenvalue weighted by Crippen LogP contribution is -2.32. The lowest BCUT2D eigenvalue weighted by atomic mass is 10.1. The molecule has 0 bridgehead atoms. The molecule has 0 amide bonds. The predicted molar refractivity (Wildman–Crippen MR) is 69.4 cm³/mol. The van der Waals surface area contributed by atoms with Gasteiger partial charge in [-0.3, -0.25) is 19.1 Å². The molecule has 21 heavy (non-hydrogen) atoms. The summed E-state index contributed by atoms with van der Waals surface area (Å²) in [7, 11) is 0. The molecule has 0 saturated carbocycles. The molecule has 0 unspecified atom stereocenters. The van der Waals surface area contributed by atoms with E-state index in [1.807, 2.05) is 0 Å². The van der Waals surface area contributed by atoms with E-state index in [2.05, 4.69) is 15.0 Å². The average Bonchev–Trinajstić information content (AvgIpc) is 2.80. The van der Waals surface area contributed by atoms with Crippen molar-refractivity contribution >= 4 is 5.97 Å². The normalized spacial score (nSPS) is 24.3. The zero-order chi connectivity index (χ0) is 15.4. The van der Waals surface area contributed by atoms with Gasteiger partial charge in [-0.2, -0.15) is 0 Å². The molecule has 1 N–H and O–H groups in total. The predicted octanol–water partition coefficient (Wildman–Crippen LogP) is 0.0661. The van der Waals surface area contributed by atoms with Crippen LogP contribution in [0, 0.1) is 0 Å². The van der Waals surface area contributed by atoms with E-state index in [9.17, 15) is 14.4 Å². The van der Waals surface area contributed by atoms with Gasteiger partial charge in [-0.25, -0.2) is 4.79 Å². The van der Waals surface area contributed by atoms with Gasteiger partial charge in [-0.15, -0.1) is 0 Å². The molecule has 1 aromatic heterocycles. The fraction of sp³-hybridized carbons (Fsp3) is 0.545. The molecule has 10 heteroatoms. The Balaban J connectivity index is 2.19. The van der Waals surface area contributed by atoms with E-state index < -0.39 is 35.6 Å². The standard InChI is InChI=1S/C11H13N5O5/c1-6(17)20-5-8-7(14-15-12)4-10(21-8)16-3-2-9(18)13-11(16)19/h2-3,7-8,10H,4-5H2,1H3,(H,13,18,19)/t7-,8-,10+/m0/s1. The number of hydrogen-bond donors (Lipinski definition) is 1. The van der Waals surface area contributed by atoms with Gasteiger partial charge in [0.25, 0.3) is 5.56 Å². The summed E-state index contributed by atoms with van der Waals surface area (Å²) >= 11 is 0. The zero-order valence-electron chi connectivity index (χ0n) is 11.1. The monoisotopic (exact) mass is 295 g/mol. The van der Waals surface area contributed by atoms with Crippen LogP contribution in [0.25, 0.3) is 10.4 Å². The SMILES string of the molecule is CC(=O)OC[C@@H]1O[C@@H](n2ccc(=O)[nH]c2=O)C[C@@H]1N=[N+]=[N-]. The van der Waals surface area contributed by atoms with Crippen LogP contribution in [0.3, 0.4) is 0 Å². The molecule has 1 saturated heterocycles. The van der Waals surface area contributed by atoms with Gasteiger partial charge in [0.15, 0.2) is 0 Å². The molecule has 2 heterocycles. The van der Waals surface area contributed by atoms with Crippen LogP contribution in [0.4, 0.5) is 0 Å². The van der Waals surface area contributed by atoms with Crippen molar-refractivity contribution in [1.29, 1.82) is 0 Å². The molecule has 1 aromatic rings. The molecule has 0 aliphatic carbocycles. The first-order chi connectivity index (χ1) is 10.0. The average molecular weight is 295 g/mol. The number of hydrogen-bond acceptors (Lipinski definition) is 6. The summed E-state index contributed by atoms with van der Waals surface area (Å²) in [5.74, 6) is -0.483. The van der Waals surface area contributed by atoms with Crippen LogP contribution in [0.1, 0.15) is 19.6 Å². The van der Waals surface area contributed by atoms with Gasteiger partial charge in [0.1, 0.15) is 18.9 Å². The Morgan fingerprint density at radius 2 is 2.43 bits per heavy atom. The number of azide groups is 1. The molecule has 2 rings (SSSR count). The second-order valence-electron chi connectivity index (χ2n) is 4.46. The maximum absolute atomic E-state index is 11.7. The van der Waals surface area contributed by atoms with Gasteiger partial charge >= 0.3 is 11.7 Å². The molecule has 0 radical (unpaired) electrons. The summed E-state index contributed by atoms with van der Waals surface area (Å²) in [6, 6.07) is 0.616. The van der Waals surface area contributed by atoms with Crippen molar-refractivity contribution in [2.24, 2.45) is 5.11 Å². The van der Waals surface area contributed by atoms with Gasteiger partial charge in [0.05, 0.1) is 6.04 Å². The quantitative estimate of drug-likeness (QED) is 0.362. The molecule has 1 fully saturated rings.